The molecule has 1 N–H and O–H groups in total. The topological polar surface area (TPSA) is 21.3 Å². The second kappa shape index (κ2) is 5.95. The Morgan fingerprint density at radius 3 is 2.71 bits per heavy atom. The van der Waals surface area contributed by atoms with Crippen LogP contribution in [0.5, 0.6) is 5.75 Å². The number of hydrogen-bond acceptors (Lipinski definition) is 2. The van der Waals surface area contributed by atoms with Gasteiger partial charge in [0, 0.05) is 22.7 Å². The lowest BCUT2D eigenvalue weighted by molar-refractivity contribution is 0.359. The molecular formula is C14H18ClNO. The molecule has 0 aliphatic heterocycles. The van der Waals surface area contributed by atoms with Crippen LogP contribution < -0.4 is 10.1 Å². The first-order chi connectivity index (χ1) is 7.94. The molecule has 0 aliphatic rings. The average Bonchev–Trinajstić information content (AvgIpc) is 2.23. The average molecular weight is 252 g/mol. The second-order valence-electron chi connectivity index (χ2n) is 4.81. The van der Waals surface area contributed by atoms with E-state index in [1.807, 2.05) is 18.2 Å². The van der Waals surface area contributed by atoms with Crippen LogP contribution in [0.1, 0.15) is 26.3 Å². The molecule has 3 heteroatoms. The van der Waals surface area contributed by atoms with Crippen molar-refractivity contribution in [3.05, 3.63) is 28.8 Å². The minimum absolute atomic E-state index is 0.0303. The third-order valence-corrected chi connectivity index (χ3v) is 2.54. The Morgan fingerprint density at radius 1 is 1.41 bits per heavy atom. The highest BCUT2D eigenvalue weighted by Gasteiger charge is 2.13. The van der Waals surface area contributed by atoms with Gasteiger partial charge >= 0.3 is 0 Å². The van der Waals surface area contributed by atoms with E-state index in [-0.39, 0.29) is 12.1 Å². The summed E-state index contributed by atoms with van der Waals surface area (Å²) < 4.78 is 5.47. The SMILES string of the molecule is C#CCOc1cccc(Cl)c1CNC(C)(C)C. The fraction of sp³-hybridized carbons (Fsp3) is 0.429. The summed E-state index contributed by atoms with van der Waals surface area (Å²) in [4.78, 5) is 0. The molecule has 0 unspecified atom stereocenters. The number of rotatable bonds is 4. The molecule has 0 heterocycles. The van der Waals surface area contributed by atoms with E-state index in [0.717, 1.165) is 11.3 Å². The Kier molecular flexibility index (Phi) is 4.86. The number of benzene rings is 1. The molecular weight excluding hydrogens is 234 g/mol. The van der Waals surface area contributed by atoms with Crippen LogP contribution in [0.15, 0.2) is 18.2 Å². The molecule has 0 aliphatic carbocycles. The van der Waals surface area contributed by atoms with Crippen LogP contribution in [0.25, 0.3) is 0 Å². The Balaban J connectivity index is 2.84. The molecule has 0 saturated carbocycles. The maximum absolute atomic E-state index is 6.17. The third-order valence-electron chi connectivity index (χ3n) is 2.18. The molecule has 0 fully saturated rings. The summed E-state index contributed by atoms with van der Waals surface area (Å²) in [5.74, 6) is 3.19. The lowest BCUT2D eigenvalue weighted by atomic mass is 10.1. The quantitative estimate of drug-likeness (QED) is 0.830. The van der Waals surface area contributed by atoms with Gasteiger partial charge in [-0.25, -0.2) is 0 Å². The molecule has 2 nitrogen and oxygen atoms in total. The predicted octanol–water partition coefficient (Wildman–Crippen LogP) is 3.24. The van der Waals surface area contributed by atoms with E-state index in [0.29, 0.717) is 11.6 Å². The van der Waals surface area contributed by atoms with Crippen molar-refractivity contribution >= 4 is 11.6 Å². The Hall–Kier alpha value is -1.17. The lowest BCUT2D eigenvalue weighted by Gasteiger charge is -2.22. The smallest absolute Gasteiger partial charge is 0.148 e. The van der Waals surface area contributed by atoms with Crippen LogP contribution in [-0.4, -0.2) is 12.1 Å². The van der Waals surface area contributed by atoms with Crippen molar-refractivity contribution in [2.75, 3.05) is 6.61 Å². The maximum atomic E-state index is 6.17. The van der Waals surface area contributed by atoms with E-state index in [1.54, 1.807) is 0 Å². The van der Waals surface area contributed by atoms with Crippen molar-refractivity contribution in [1.29, 1.82) is 0 Å². The molecule has 92 valence electrons. The predicted molar refractivity (Wildman–Crippen MR) is 72.4 cm³/mol. The van der Waals surface area contributed by atoms with Crippen LogP contribution in [0, 0.1) is 12.3 Å². The number of ether oxygens (including phenoxy) is 1. The summed E-state index contributed by atoms with van der Waals surface area (Å²) in [5, 5.41) is 4.07. The summed E-state index contributed by atoms with van der Waals surface area (Å²) in [6.07, 6.45) is 5.18. The Morgan fingerprint density at radius 2 is 2.12 bits per heavy atom. The van der Waals surface area contributed by atoms with E-state index in [1.165, 1.54) is 0 Å². The van der Waals surface area contributed by atoms with Gasteiger partial charge in [0.1, 0.15) is 12.4 Å². The van der Waals surface area contributed by atoms with Gasteiger partial charge in [-0.1, -0.05) is 23.6 Å². The minimum Gasteiger partial charge on any atom is -0.481 e. The minimum atomic E-state index is 0.0303. The Bertz CT molecular complexity index is 415. The molecule has 0 aromatic heterocycles. The summed E-state index contributed by atoms with van der Waals surface area (Å²) in [5.41, 5.74) is 0.974. The summed E-state index contributed by atoms with van der Waals surface area (Å²) in [7, 11) is 0. The van der Waals surface area contributed by atoms with Gasteiger partial charge in [0.2, 0.25) is 0 Å². The maximum Gasteiger partial charge on any atom is 0.148 e. The zero-order chi connectivity index (χ0) is 12.9. The largest absolute Gasteiger partial charge is 0.481 e. The standard InChI is InChI=1S/C14H18ClNO/c1-5-9-17-13-8-6-7-12(15)11(13)10-16-14(2,3)4/h1,6-8,16H,9-10H2,2-4H3. The van der Waals surface area contributed by atoms with E-state index in [2.05, 4.69) is 32.0 Å². The van der Waals surface area contributed by atoms with Gasteiger partial charge < -0.3 is 10.1 Å². The summed E-state index contributed by atoms with van der Waals surface area (Å²) in [6.45, 7) is 7.22. The summed E-state index contributed by atoms with van der Waals surface area (Å²) in [6, 6.07) is 5.58. The van der Waals surface area contributed by atoms with Crippen LogP contribution in [0.3, 0.4) is 0 Å². The van der Waals surface area contributed by atoms with Gasteiger partial charge in [-0.15, -0.1) is 6.42 Å². The van der Waals surface area contributed by atoms with Gasteiger partial charge in [0.25, 0.3) is 0 Å². The van der Waals surface area contributed by atoms with Gasteiger partial charge in [0.15, 0.2) is 0 Å². The third kappa shape index (κ3) is 4.68. The number of hydrogen-bond donors (Lipinski definition) is 1. The molecule has 0 radical (unpaired) electrons. The first-order valence-electron chi connectivity index (χ1n) is 5.53. The summed E-state index contributed by atoms with van der Waals surface area (Å²) >= 11 is 6.17. The monoisotopic (exact) mass is 251 g/mol. The Labute approximate surface area is 108 Å². The molecule has 0 amide bonds. The van der Waals surface area contributed by atoms with Gasteiger partial charge in [-0.05, 0) is 32.9 Å². The number of nitrogens with one attached hydrogen (secondary N) is 1. The molecule has 17 heavy (non-hydrogen) atoms. The number of terminal acetylenes is 1. The molecule has 1 aromatic rings. The number of halogens is 1. The van der Waals surface area contributed by atoms with E-state index >= 15 is 0 Å². The zero-order valence-corrected chi connectivity index (χ0v) is 11.3. The van der Waals surface area contributed by atoms with Gasteiger partial charge in [0.05, 0.1) is 0 Å². The van der Waals surface area contributed by atoms with Crippen molar-refractivity contribution < 1.29 is 4.74 Å². The molecule has 0 bridgehead atoms. The van der Waals surface area contributed by atoms with Crippen LogP contribution >= 0.6 is 11.6 Å². The van der Waals surface area contributed by atoms with E-state index in [4.69, 9.17) is 22.8 Å². The lowest BCUT2D eigenvalue weighted by Crippen LogP contribution is -2.35. The van der Waals surface area contributed by atoms with Gasteiger partial charge in [-0.2, -0.15) is 0 Å². The van der Waals surface area contributed by atoms with Crippen LogP contribution in [-0.2, 0) is 6.54 Å². The van der Waals surface area contributed by atoms with Crippen LogP contribution in [0.4, 0.5) is 0 Å². The van der Waals surface area contributed by atoms with E-state index < -0.39 is 0 Å². The fourth-order valence-electron chi connectivity index (χ4n) is 1.32. The zero-order valence-electron chi connectivity index (χ0n) is 10.5. The van der Waals surface area contributed by atoms with Crippen molar-refractivity contribution in [1.82, 2.24) is 5.32 Å². The molecule has 0 saturated heterocycles. The normalized spacial score (nSPS) is 11.0. The highest BCUT2D eigenvalue weighted by molar-refractivity contribution is 6.31. The van der Waals surface area contributed by atoms with Crippen molar-refractivity contribution in [2.45, 2.75) is 32.9 Å². The first-order valence-corrected chi connectivity index (χ1v) is 5.90. The highest BCUT2D eigenvalue weighted by atomic mass is 35.5. The molecule has 1 aromatic carbocycles. The molecule has 1 rings (SSSR count). The van der Waals surface area contributed by atoms with Crippen molar-refractivity contribution in [3.8, 4) is 18.1 Å². The highest BCUT2D eigenvalue weighted by Crippen LogP contribution is 2.26. The molecule has 0 atom stereocenters. The van der Waals surface area contributed by atoms with Crippen molar-refractivity contribution in [3.63, 3.8) is 0 Å². The first kappa shape index (κ1) is 13.9. The fourth-order valence-corrected chi connectivity index (χ4v) is 1.55. The second-order valence-corrected chi connectivity index (χ2v) is 5.22. The van der Waals surface area contributed by atoms with Gasteiger partial charge in [-0.3, -0.25) is 0 Å². The van der Waals surface area contributed by atoms with Crippen molar-refractivity contribution in [2.24, 2.45) is 0 Å². The van der Waals surface area contributed by atoms with E-state index in [9.17, 15) is 0 Å². The molecule has 0 spiro atoms. The van der Waals surface area contributed by atoms with Crippen LogP contribution in [0.2, 0.25) is 5.02 Å².